The molecule has 0 saturated carbocycles. The second kappa shape index (κ2) is 10.5. The number of oxazole rings is 1. The van der Waals surface area contributed by atoms with Crippen LogP contribution in [0.2, 0.25) is 0 Å². The fraction of sp³-hybridized carbons (Fsp3) is 0.370. The van der Waals surface area contributed by atoms with Gasteiger partial charge in [-0.15, -0.1) is 0 Å². The van der Waals surface area contributed by atoms with Crippen LogP contribution in [-0.4, -0.2) is 23.5 Å². The summed E-state index contributed by atoms with van der Waals surface area (Å²) in [6.07, 6.45) is 6.76. The number of ether oxygens (including phenoxy) is 1. The molecule has 1 aliphatic carbocycles. The smallest absolute Gasteiger partial charge is 0.306 e. The SMILES string of the molecule is Cc1ccc(-c2cnc(CCC(=O)OCC(=O)NC(C)c3ccc4c(c3)CCCC4)o2)cc1. The molecule has 0 fully saturated rings. The predicted molar refractivity (Wildman–Crippen MR) is 126 cm³/mol. The number of fused-ring (bicyclic) bond motifs is 1. The number of nitrogens with zero attached hydrogens (tertiary/aromatic N) is 1. The largest absolute Gasteiger partial charge is 0.456 e. The molecule has 3 aromatic rings. The molecule has 0 saturated heterocycles. The Morgan fingerprint density at radius 2 is 1.85 bits per heavy atom. The molecule has 6 nitrogen and oxygen atoms in total. The quantitative estimate of drug-likeness (QED) is 0.499. The maximum absolute atomic E-state index is 12.3. The molecule has 4 rings (SSSR count). The minimum absolute atomic E-state index is 0.0987. The fourth-order valence-corrected chi connectivity index (χ4v) is 4.09. The zero-order chi connectivity index (χ0) is 23.2. The summed E-state index contributed by atoms with van der Waals surface area (Å²) in [6.45, 7) is 3.67. The van der Waals surface area contributed by atoms with E-state index in [2.05, 4.69) is 28.5 Å². The Labute approximate surface area is 194 Å². The lowest BCUT2D eigenvalue weighted by molar-refractivity contribution is -0.148. The molecule has 1 heterocycles. The highest BCUT2D eigenvalue weighted by Crippen LogP contribution is 2.25. The second-order valence-electron chi connectivity index (χ2n) is 8.67. The Hall–Kier alpha value is -3.41. The van der Waals surface area contributed by atoms with E-state index in [4.69, 9.17) is 9.15 Å². The van der Waals surface area contributed by atoms with Crippen molar-refractivity contribution in [2.45, 2.75) is 58.4 Å². The lowest BCUT2D eigenvalue weighted by Gasteiger charge is -2.20. The number of esters is 1. The number of aromatic nitrogens is 1. The van der Waals surface area contributed by atoms with E-state index in [1.807, 2.05) is 38.1 Å². The van der Waals surface area contributed by atoms with Crippen LogP contribution in [0.3, 0.4) is 0 Å². The monoisotopic (exact) mass is 446 g/mol. The van der Waals surface area contributed by atoms with Crippen LogP contribution in [0.5, 0.6) is 0 Å². The number of benzene rings is 2. The van der Waals surface area contributed by atoms with E-state index in [1.165, 1.54) is 29.5 Å². The van der Waals surface area contributed by atoms with Crippen LogP contribution in [0, 0.1) is 6.92 Å². The first-order valence-corrected chi connectivity index (χ1v) is 11.6. The van der Waals surface area contributed by atoms with Gasteiger partial charge in [0.25, 0.3) is 5.91 Å². The predicted octanol–water partition coefficient (Wildman–Crippen LogP) is 4.88. The van der Waals surface area contributed by atoms with Crippen LogP contribution in [0.15, 0.2) is 53.1 Å². The Morgan fingerprint density at radius 1 is 1.09 bits per heavy atom. The summed E-state index contributed by atoms with van der Waals surface area (Å²) < 4.78 is 10.9. The number of hydrogen-bond acceptors (Lipinski definition) is 5. The molecule has 0 radical (unpaired) electrons. The highest BCUT2D eigenvalue weighted by Gasteiger charge is 2.16. The molecule has 2 aromatic carbocycles. The Bertz CT molecular complexity index is 1120. The van der Waals surface area contributed by atoms with Crippen molar-refractivity contribution in [2.24, 2.45) is 0 Å². The molecular weight excluding hydrogens is 416 g/mol. The summed E-state index contributed by atoms with van der Waals surface area (Å²) in [7, 11) is 0. The molecule has 0 bridgehead atoms. The van der Waals surface area contributed by atoms with Gasteiger partial charge in [-0.1, -0.05) is 48.0 Å². The maximum atomic E-state index is 12.3. The molecule has 1 N–H and O–H groups in total. The van der Waals surface area contributed by atoms with Crippen molar-refractivity contribution in [1.82, 2.24) is 10.3 Å². The van der Waals surface area contributed by atoms with Gasteiger partial charge in [0.15, 0.2) is 18.3 Å². The van der Waals surface area contributed by atoms with Crippen molar-refractivity contribution in [3.05, 3.63) is 76.8 Å². The van der Waals surface area contributed by atoms with Gasteiger partial charge in [0.1, 0.15) is 0 Å². The molecule has 1 aromatic heterocycles. The van der Waals surface area contributed by atoms with Crippen LogP contribution in [0.4, 0.5) is 0 Å². The molecule has 1 amide bonds. The summed E-state index contributed by atoms with van der Waals surface area (Å²) in [5.74, 6) is 0.356. The number of amides is 1. The van der Waals surface area contributed by atoms with Gasteiger partial charge in [-0.25, -0.2) is 4.98 Å². The van der Waals surface area contributed by atoms with Crippen molar-refractivity contribution < 1.29 is 18.7 Å². The Morgan fingerprint density at radius 3 is 2.64 bits per heavy atom. The first-order chi connectivity index (χ1) is 16.0. The van der Waals surface area contributed by atoms with Crippen molar-refractivity contribution in [1.29, 1.82) is 0 Å². The van der Waals surface area contributed by atoms with Crippen molar-refractivity contribution >= 4 is 11.9 Å². The summed E-state index contributed by atoms with van der Waals surface area (Å²) in [4.78, 5) is 28.6. The number of hydrogen-bond donors (Lipinski definition) is 1. The van der Waals surface area contributed by atoms with Crippen LogP contribution in [-0.2, 0) is 33.6 Å². The van der Waals surface area contributed by atoms with Crippen molar-refractivity contribution in [2.75, 3.05) is 6.61 Å². The molecule has 0 aliphatic heterocycles. The van der Waals surface area contributed by atoms with Gasteiger partial charge in [0.2, 0.25) is 0 Å². The highest BCUT2D eigenvalue weighted by molar-refractivity contribution is 5.80. The minimum atomic E-state index is -0.457. The van der Waals surface area contributed by atoms with Gasteiger partial charge in [0.05, 0.1) is 18.7 Å². The summed E-state index contributed by atoms with van der Waals surface area (Å²) in [6, 6.07) is 14.2. The van der Waals surface area contributed by atoms with E-state index in [0.717, 1.165) is 24.0 Å². The minimum Gasteiger partial charge on any atom is -0.456 e. The third kappa shape index (κ3) is 6.09. The zero-order valence-corrected chi connectivity index (χ0v) is 19.2. The average molecular weight is 447 g/mol. The van der Waals surface area contributed by atoms with E-state index < -0.39 is 5.97 Å². The van der Waals surface area contributed by atoms with E-state index >= 15 is 0 Å². The van der Waals surface area contributed by atoms with Crippen LogP contribution < -0.4 is 5.32 Å². The average Bonchev–Trinajstić information content (AvgIpc) is 3.30. The van der Waals surface area contributed by atoms with Gasteiger partial charge in [-0.05, 0) is 56.2 Å². The number of nitrogens with one attached hydrogen (secondary N) is 1. The summed E-state index contributed by atoms with van der Waals surface area (Å²) in [5, 5.41) is 2.91. The molecule has 1 aliphatic rings. The first-order valence-electron chi connectivity index (χ1n) is 11.6. The first kappa shape index (κ1) is 22.8. The normalized spacial score (nSPS) is 13.8. The van der Waals surface area contributed by atoms with Gasteiger partial charge in [0, 0.05) is 12.0 Å². The summed E-state index contributed by atoms with van der Waals surface area (Å²) >= 11 is 0. The number of carbonyl (C=O) groups excluding carboxylic acids is 2. The lowest BCUT2D eigenvalue weighted by Crippen LogP contribution is -2.31. The molecule has 1 unspecified atom stereocenters. The highest BCUT2D eigenvalue weighted by atomic mass is 16.5. The Kier molecular flexibility index (Phi) is 7.23. The molecule has 6 heteroatoms. The molecule has 0 spiro atoms. The standard InChI is InChI=1S/C27H30N2O4/c1-18-7-9-21(10-8-18)24-16-28-26(33-24)13-14-27(31)32-17-25(30)29-19(2)22-12-11-20-5-3-4-6-23(20)15-22/h7-12,15-16,19H,3-6,13-14,17H2,1-2H3,(H,29,30). The van der Waals surface area contributed by atoms with E-state index in [0.29, 0.717) is 18.1 Å². The van der Waals surface area contributed by atoms with Crippen molar-refractivity contribution in [3.63, 3.8) is 0 Å². The molecular formula is C27H30N2O4. The van der Waals surface area contributed by atoms with E-state index in [9.17, 15) is 9.59 Å². The van der Waals surface area contributed by atoms with E-state index in [1.54, 1.807) is 6.20 Å². The van der Waals surface area contributed by atoms with Crippen LogP contribution in [0.1, 0.15) is 60.4 Å². The van der Waals surface area contributed by atoms with Crippen LogP contribution in [0.25, 0.3) is 11.3 Å². The molecule has 172 valence electrons. The number of carbonyl (C=O) groups is 2. The maximum Gasteiger partial charge on any atom is 0.306 e. The van der Waals surface area contributed by atoms with Crippen LogP contribution >= 0.6 is 0 Å². The zero-order valence-electron chi connectivity index (χ0n) is 19.2. The molecule has 1 atom stereocenters. The van der Waals surface area contributed by atoms with Gasteiger partial charge in [-0.2, -0.15) is 0 Å². The number of aryl methyl sites for hydroxylation is 4. The van der Waals surface area contributed by atoms with Gasteiger partial charge < -0.3 is 14.5 Å². The second-order valence-corrected chi connectivity index (χ2v) is 8.67. The Balaban J connectivity index is 1.20. The lowest BCUT2D eigenvalue weighted by atomic mass is 9.89. The number of rotatable bonds is 8. The summed E-state index contributed by atoms with van der Waals surface area (Å²) in [5.41, 5.74) is 5.97. The third-order valence-corrected chi connectivity index (χ3v) is 6.05. The molecule has 33 heavy (non-hydrogen) atoms. The van der Waals surface area contributed by atoms with Crippen molar-refractivity contribution in [3.8, 4) is 11.3 Å². The van der Waals surface area contributed by atoms with Gasteiger partial charge in [-0.3, -0.25) is 9.59 Å². The van der Waals surface area contributed by atoms with Gasteiger partial charge >= 0.3 is 5.97 Å². The van der Waals surface area contributed by atoms with E-state index in [-0.39, 0.29) is 25.0 Å². The fourth-order valence-electron chi connectivity index (χ4n) is 4.09. The third-order valence-electron chi connectivity index (χ3n) is 6.05. The topological polar surface area (TPSA) is 81.4 Å².